The Morgan fingerprint density at radius 2 is 1.79 bits per heavy atom. The molecule has 1 saturated heterocycles. The third-order valence-electron chi connectivity index (χ3n) is 4.64. The van der Waals surface area contributed by atoms with Crippen LogP contribution in [-0.2, 0) is 0 Å². The van der Waals surface area contributed by atoms with Gasteiger partial charge in [0.15, 0.2) is 0 Å². The van der Waals surface area contributed by atoms with E-state index in [-0.39, 0.29) is 0 Å². The topological polar surface area (TPSA) is 27.0 Å². The first kappa shape index (κ1) is 13.0. The van der Waals surface area contributed by atoms with E-state index in [2.05, 4.69) is 33.0 Å². The molecule has 1 aliphatic carbocycles. The van der Waals surface area contributed by atoms with E-state index < -0.39 is 0 Å². The highest BCUT2D eigenvalue weighted by Gasteiger charge is 2.43. The molecule has 0 aromatic heterocycles. The molecule has 1 spiro atoms. The van der Waals surface area contributed by atoms with Crippen LogP contribution in [-0.4, -0.2) is 13.1 Å². The molecule has 0 amide bonds. The molecule has 1 saturated carbocycles. The van der Waals surface area contributed by atoms with Crippen molar-refractivity contribution >= 4 is 21.6 Å². The number of nitriles is 1. The summed E-state index contributed by atoms with van der Waals surface area (Å²) in [6.45, 7) is 2.27. The van der Waals surface area contributed by atoms with Crippen LogP contribution < -0.4 is 4.90 Å². The lowest BCUT2D eigenvalue weighted by Crippen LogP contribution is -2.56. The largest absolute Gasteiger partial charge is 0.369 e. The molecule has 0 radical (unpaired) electrons. The number of hydrogen-bond donors (Lipinski definition) is 0. The molecular weight excluding hydrogens is 300 g/mol. The van der Waals surface area contributed by atoms with Gasteiger partial charge >= 0.3 is 0 Å². The van der Waals surface area contributed by atoms with Crippen LogP contribution in [0.2, 0.25) is 0 Å². The molecule has 1 aromatic carbocycles. The molecule has 0 unspecified atom stereocenters. The van der Waals surface area contributed by atoms with E-state index in [1.165, 1.54) is 38.5 Å². The van der Waals surface area contributed by atoms with Crippen LogP contribution in [0.4, 0.5) is 5.69 Å². The van der Waals surface area contributed by atoms with E-state index >= 15 is 0 Å². The number of benzene rings is 1. The summed E-state index contributed by atoms with van der Waals surface area (Å²) >= 11 is 3.51. The van der Waals surface area contributed by atoms with Gasteiger partial charge in [0.05, 0.1) is 11.3 Å². The molecule has 0 bridgehead atoms. The number of nitrogens with zero attached hydrogens (tertiary/aromatic N) is 2. The molecule has 1 heterocycles. The van der Waals surface area contributed by atoms with Gasteiger partial charge in [-0.2, -0.15) is 5.26 Å². The molecule has 0 N–H and O–H groups in total. The summed E-state index contributed by atoms with van der Waals surface area (Å²) in [4.78, 5) is 2.38. The van der Waals surface area contributed by atoms with E-state index in [1.807, 2.05) is 12.1 Å². The Labute approximate surface area is 123 Å². The zero-order valence-electron chi connectivity index (χ0n) is 11.2. The van der Waals surface area contributed by atoms with Crippen molar-refractivity contribution in [2.24, 2.45) is 5.41 Å². The quantitative estimate of drug-likeness (QED) is 0.763. The minimum atomic E-state index is 0.547. The molecule has 3 rings (SSSR count). The summed E-state index contributed by atoms with van der Waals surface area (Å²) in [7, 11) is 0. The summed E-state index contributed by atoms with van der Waals surface area (Å²) in [6.07, 6.45) is 8.33. The highest BCUT2D eigenvalue weighted by molar-refractivity contribution is 9.10. The molecule has 19 heavy (non-hydrogen) atoms. The molecule has 100 valence electrons. The van der Waals surface area contributed by atoms with Gasteiger partial charge in [-0.15, -0.1) is 0 Å². The maximum atomic E-state index is 9.23. The first-order chi connectivity index (χ1) is 9.22. The lowest BCUT2D eigenvalue weighted by atomic mass is 9.73. The molecular formula is C16H19BrN2. The van der Waals surface area contributed by atoms with E-state index in [1.54, 1.807) is 0 Å². The molecule has 1 aliphatic heterocycles. The van der Waals surface area contributed by atoms with Crippen LogP contribution in [0.1, 0.15) is 44.1 Å². The minimum absolute atomic E-state index is 0.547. The number of hydrogen-bond acceptors (Lipinski definition) is 2. The second kappa shape index (κ2) is 5.17. The SMILES string of the molecule is N#Cc1ccc(Br)cc1N1CC2(CCCCCC2)C1. The Kier molecular flexibility index (Phi) is 3.54. The van der Waals surface area contributed by atoms with E-state index in [9.17, 15) is 5.26 Å². The van der Waals surface area contributed by atoms with Crippen molar-refractivity contribution in [3.05, 3.63) is 28.2 Å². The predicted molar refractivity (Wildman–Crippen MR) is 81.2 cm³/mol. The van der Waals surface area contributed by atoms with Crippen molar-refractivity contribution < 1.29 is 0 Å². The average Bonchev–Trinajstić information content (AvgIpc) is 2.62. The van der Waals surface area contributed by atoms with Gasteiger partial charge in [0.25, 0.3) is 0 Å². The third kappa shape index (κ3) is 2.51. The Morgan fingerprint density at radius 1 is 1.11 bits per heavy atom. The van der Waals surface area contributed by atoms with Crippen LogP contribution in [0.5, 0.6) is 0 Å². The first-order valence-electron chi connectivity index (χ1n) is 7.17. The number of anilines is 1. The normalized spacial score (nSPS) is 21.6. The fraction of sp³-hybridized carbons (Fsp3) is 0.562. The lowest BCUT2D eigenvalue weighted by molar-refractivity contribution is 0.180. The van der Waals surface area contributed by atoms with Gasteiger partial charge in [-0.05, 0) is 31.0 Å². The molecule has 2 fully saturated rings. The predicted octanol–water partition coefficient (Wildman–Crippen LogP) is 4.48. The van der Waals surface area contributed by atoms with E-state index in [4.69, 9.17) is 0 Å². The zero-order valence-corrected chi connectivity index (χ0v) is 12.7. The van der Waals surface area contributed by atoms with Gasteiger partial charge in [0.2, 0.25) is 0 Å². The average molecular weight is 319 g/mol. The van der Waals surface area contributed by atoms with Crippen LogP contribution in [0.15, 0.2) is 22.7 Å². The van der Waals surface area contributed by atoms with Crippen LogP contribution in [0, 0.1) is 16.7 Å². The summed E-state index contributed by atoms with van der Waals surface area (Å²) in [5.41, 5.74) is 2.45. The van der Waals surface area contributed by atoms with Gasteiger partial charge in [-0.25, -0.2) is 0 Å². The number of halogens is 1. The molecule has 2 nitrogen and oxygen atoms in total. The Balaban J connectivity index is 1.76. The summed E-state index contributed by atoms with van der Waals surface area (Å²) in [5.74, 6) is 0. The van der Waals surface area contributed by atoms with Crippen LogP contribution in [0.3, 0.4) is 0 Å². The summed E-state index contributed by atoms with van der Waals surface area (Å²) in [5, 5.41) is 9.23. The standard InChI is InChI=1S/C16H19BrN2/c17-14-6-5-13(10-18)15(9-14)19-11-16(12-19)7-3-1-2-4-8-16/h5-6,9H,1-4,7-8,11-12H2. The monoisotopic (exact) mass is 318 g/mol. The lowest BCUT2D eigenvalue weighted by Gasteiger charge is -2.52. The van der Waals surface area contributed by atoms with Crippen molar-refractivity contribution in [1.29, 1.82) is 5.26 Å². The molecule has 3 heteroatoms. The molecule has 1 aromatic rings. The smallest absolute Gasteiger partial charge is 0.101 e. The van der Waals surface area contributed by atoms with Crippen molar-refractivity contribution in [1.82, 2.24) is 0 Å². The second-order valence-electron chi connectivity index (χ2n) is 6.04. The third-order valence-corrected chi connectivity index (χ3v) is 5.13. The van der Waals surface area contributed by atoms with Gasteiger partial charge in [-0.3, -0.25) is 0 Å². The van der Waals surface area contributed by atoms with Gasteiger partial charge in [-0.1, -0.05) is 41.6 Å². The second-order valence-corrected chi connectivity index (χ2v) is 6.96. The Morgan fingerprint density at radius 3 is 2.42 bits per heavy atom. The van der Waals surface area contributed by atoms with E-state index in [0.29, 0.717) is 5.41 Å². The highest BCUT2D eigenvalue weighted by Crippen LogP contribution is 2.45. The maximum Gasteiger partial charge on any atom is 0.101 e. The maximum absolute atomic E-state index is 9.23. The Bertz CT molecular complexity index is 502. The van der Waals surface area contributed by atoms with Crippen molar-refractivity contribution in [2.75, 3.05) is 18.0 Å². The molecule has 2 aliphatic rings. The van der Waals surface area contributed by atoms with Crippen LogP contribution >= 0.6 is 15.9 Å². The highest BCUT2D eigenvalue weighted by atomic mass is 79.9. The first-order valence-corrected chi connectivity index (χ1v) is 7.96. The van der Waals surface area contributed by atoms with Crippen molar-refractivity contribution in [2.45, 2.75) is 38.5 Å². The van der Waals surface area contributed by atoms with Gasteiger partial charge in [0.1, 0.15) is 6.07 Å². The minimum Gasteiger partial charge on any atom is -0.369 e. The summed E-state index contributed by atoms with van der Waals surface area (Å²) in [6, 6.07) is 8.26. The van der Waals surface area contributed by atoms with Crippen molar-refractivity contribution in [3.63, 3.8) is 0 Å². The van der Waals surface area contributed by atoms with Crippen LogP contribution in [0.25, 0.3) is 0 Å². The van der Waals surface area contributed by atoms with Gasteiger partial charge < -0.3 is 4.90 Å². The Hall–Kier alpha value is -1.01. The zero-order chi connectivity index (χ0) is 13.3. The fourth-order valence-electron chi connectivity index (χ4n) is 3.59. The van der Waals surface area contributed by atoms with E-state index in [0.717, 1.165) is 28.8 Å². The summed E-state index contributed by atoms with van der Waals surface area (Å²) < 4.78 is 1.06. The number of rotatable bonds is 1. The van der Waals surface area contributed by atoms with Crippen molar-refractivity contribution in [3.8, 4) is 6.07 Å². The van der Waals surface area contributed by atoms with Gasteiger partial charge in [0, 0.05) is 23.0 Å². The molecule has 0 atom stereocenters. The fourth-order valence-corrected chi connectivity index (χ4v) is 3.94.